The van der Waals surface area contributed by atoms with Crippen molar-refractivity contribution in [3.05, 3.63) is 56.2 Å². The Hall–Kier alpha value is -0.970. The summed E-state index contributed by atoms with van der Waals surface area (Å²) in [4.78, 5) is 11.3. The second kappa shape index (κ2) is 5.80. The van der Waals surface area contributed by atoms with Gasteiger partial charge in [-0.15, -0.1) is 11.3 Å². The van der Waals surface area contributed by atoms with Gasteiger partial charge in [0.2, 0.25) is 0 Å². The second-order valence-corrected chi connectivity index (χ2v) is 6.81. The predicted molar refractivity (Wildman–Crippen MR) is 88.8 cm³/mol. The highest BCUT2D eigenvalue weighted by Crippen LogP contribution is 2.30. The first-order valence-electron chi connectivity index (χ1n) is 6.35. The van der Waals surface area contributed by atoms with Crippen LogP contribution in [0, 0.1) is 0 Å². The molecular formula is C15H12BrClN2S. The molecule has 0 aliphatic carbocycles. The molecule has 0 unspecified atom stereocenters. The molecule has 0 saturated heterocycles. The SMILES string of the molecule is CCc1cc2c(Cl)nc(Cc3ccccc3Br)nc2s1. The number of hydrogen-bond donors (Lipinski definition) is 0. The molecule has 0 atom stereocenters. The summed E-state index contributed by atoms with van der Waals surface area (Å²) in [5.41, 5.74) is 1.16. The molecule has 2 heterocycles. The largest absolute Gasteiger partial charge is 0.222 e. The molecule has 0 spiro atoms. The molecule has 0 saturated carbocycles. The smallest absolute Gasteiger partial charge is 0.141 e. The summed E-state index contributed by atoms with van der Waals surface area (Å²) >= 11 is 11.5. The van der Waals surface area contributed by atoms with Gasteiger partial charge in [0.1, 0.15) is 15.8 Å². The van der Waals surface area contributed by atoms with Crippen molar-refractivity contribution < 1.29 is 0 Å². The van der Waals surface area contributed by atoms with Crippen LogP contribution in [0.2, 0.25) is 5.15 Å². The number of fused-ring (bicyclic) bond motifs is 1. The predicted octanol–water partition coefficient (Wildman–Crippen LogP) is 5.26. The molecule has 2 aromatic heterocycles. The van der Waals surface area contributed by atoms with Crippen LogP contribution in [-0.4, -0.2) is 9.97 Å². The minimum absolute atomic E-state index is 0.549. The third-order valence-corrected chi connectivity index (χ3v) is 5.33. The Labute approximate surface area is 135 Å². The van der Waals surface area contributed by atoms with Gasteiger partial charge < -0.3 is 0 Å². The molecule has 0 N–H and O–H groups in total. The van der Waals surface area contributed by atoms with E-state index >= 15 is 0 Å². The van der Waals surface area contributed by atoms with E-state index in [1.807, 2.05) is 18.2 Å². The number of hydrogen-bond acceptors (Lipinski definition) is 3. The fraction of sp³-hybridized carbons (Fsp3) is 0.200. The minimum Gasteiger partial charge on any atom is -0.222 e. The maximum absolute atomic E-state index is 6.28. The van der Waals surface area contributed by atoms with E-state index < -0.39 is 0 Å². The number of thiophene rings is 1. The van der Waals surface area contributed by atoms with Crippen LogP contribution in [0.5, 0.6) is 0 Å². The summed E-state index contributed by atoms with van der Waals surface area (Å²) in [7, 11) is 0. The summed E-state index contributed by atoms with van der Waals surface area (Å²) in [5.74, 6) is 0.763. The molecule has 0 aliphatic rings. The standard InChI is InChI=1S/C15H12BrClN2S/c1-2-10-8-11-14(17)18-13(19-15(11)20-10)7-9-5-3-4-6-12(9)16/h3-6,8H,2,7H2,1H3. The van der Waals surface area contributed by atoms with Crippen molar-refractivity contribution in [1.82, 2.24) is 9.97 Å². The van der Waals surface area contributed by atoms with E-state index in [0.29, 0.717) is 11.6 Å². The lowest BCUT2D eigenvalue weighted by molar-refractivity contribution is 0.993. The van der Waals surface area contributed by atoms with Gasteiger partial charge in [0.05, 0.1) is 0 Å². The Morgan fingerprint density at radius 2 is 2.05 bits per heavy atom. The maximum Gasteiger partial charge on any atom is 0.141 e. The zero-order valence-corrected chi connectivity index (χ0v) is 14.0. The highest BCUT2D eigenvalue weighted by atomic mass is 79.9. The van der Waals surface area contributed by atoms with Gasteiger partial charge in [-0.2, -0.15) is 0 Å². The van der Waals surface area contributed by atoms with Crippen LogP contribution in [0.3, 0.4) is 0 Å². The first kappa shape index (κ1) is 14.0. The normalized spacial score (nSPS) is 11.2. The number of aryl methyl sites for hydroxylation is 1. The molecule has 0 aliphatic heterocycles. The minimum atomic E-state index is 0.549. The second-order valence-electron chi connectivity index (χ2n) is 4.48. The molecule has 0 bridgehead atoms. The van der Waals surface area contributed by atoms with Gasteiger partial charge in [0.15, 0.2) is 0 Å². The topological polar surface area (TPSA) is 25.8 Å². The van der Waals surface area contributed by atoms with Gasteiger partial charge >= 0.3 is 0 Å². The molecular weight excluding hydrogens is 356 g/mol. The molecule has 5 heteroatoms. The van der Waals surface area contributed by atoms with Crippen LogP contribution < -0.4 is 0 Å². The lowest BCUT2D eigenvalue weighted by Crippen LogP contribution is -1.97. The first-order chi connectivity index (χ1) is 9.67. The number of aromatic nitrogens is 2. The Bertz CT molecular complexity index is 770. The molecule has 0 radical (unpaired) electrons. The van der Waals surface area contributed by atoms with Crippen molar-refractivity contribution >= 4 is 49.1 Å². The zero-order valence-electron chi connectivity index (χ0n) is 10.9. The average molecular weight is 368 g/mol. The Balaban J connectivity index is 2.02. The van der Waals surface area contributed by atoms with E-state index in [1.54, 1.807) is 11.3 Å². The molecule has 3 aromatic rings. The summed E-state index contributed by atoms with van der Waals surface area (Å²) in [6.07, 6.45) is 1.67. The Kier molecular flexibility index (Phi) is 4.06. The van der Waals surface area contributed by atoms with Crippen LogP contribution in [-0.2, 0) is 12.8 Å². The lowest BCUT2D eigenvalue weighted by Gasteiger charge is -2.04. The molecule has 3 rings (SSSR count). The summed E-state index contributed by atoms with van der Waals surface area (Å²) in [6, 6.07) is 10.2. The average Bonchev–Trinajstić information content (AvgIpc) is 2.85. The summed E-state index contributed by atoms with van der Waals surface area (Å²) in [6.45, 7) is 2.13. The van der Waals surface area contributed by atoms with E-state index in [4.69, 9.17) is 11.6 Å². The Morgan fingerprint density at radius 3 is 2.80 bits per heavy atom. The molecule has 1 aromatic carbocycles. The van der Waals surface area contributed by atoms with Crippen molar-refractivity contribution in [3.63, 3.8) is 0 Å². The monoisotopic (exact) mass is 366 g/mol. The van der Waals surface area contributed by atoms with Crippen molar-refractivity contribution in [2.24, 2.45) is 0 Å². The first-order valence-corrected chi connectivity index (χ1v) is 8.34. The van der Waals surface area contributed by atoms with E-state index in [1.165, 1.54) is 4.88 Å². The number of benzene rings is 1. The number of rotatable bonds is 3. The number of nitrogens with zero attached hydrogens (tertiary/aromatic N) is 2. The quantitative estimate of drug-likeness (QED) is 0.590. The Morgan fingerprint density at radius 1 is 1.25 bits per heavy atom. The fourth-order valence-corrected chi connectivity index (χ4v) is 3.75. The van der Waals surface area contributed by atoms with Gasteiger partial charge in [-0.3, -0.25) is 0 Å². The van der Waals surface area contributed by atoms with E-state index in [2.05, 4.69) is 45.0 Å². The molecule has 20 heavy (non-hydrogen) atoms. The fourth-order valence-electron chi connectivity index (χ4n) is 2.04. The van der Waals surface area contributed by atoms with Crippen LogP contribution in [0.4, 0.5) is 0 Å². The molecule has 2 nitrogen and oxygen atoms in total. The van der Waals surface area contributed by atoms with E-state index in [9.17, 15) is 0 Å². The van der Waals surface area contributed by atoms with Gasteiger partial charge in [-0.1, -0.05) is 52.7 Å². The van der Waals surface area contributed by atoms with E-state index in [0.717, 1.165) is 32.5 Å². The van der Waals surface area contributed by atoms with E-state index in [-0.39, 0.29) is 0 Å². The van der Waals surface area contributed by atoms with Crippen molar-refractivity contribution in [1.29, 1.82) is 0 Å². The molecule has 102 valence electrons. The highest BCUT2D eigenvalue weighted by molar-refractivity contribution is 9.10. The molecule has 0 amide bonds. The van der Waals surface area contributed by atoms with Crippen LogP contribution in [0.25, 0.3) is 10.2 Å². The number of halogens is 2. The van der Waals surface area contributed by atoms with Crippen molar-refractivity contribution in [2.75, 3.05) is 0 Å². The van der Waals surface area contributed by atoms with Gasteiger partial charge in [0.25, 0.3) is 0 Å². The van der Waals surface area contributed by atoms with Crippen molar-refractivity contribution in [2.45, 2.75) is 19.8 Å². The van der Waals surface area contributed by atoms with Crippen LogP contribution in [0.15, 0.2) is 34.8 Å². The lowest BCUT2D eigenvalue weighted by atomic mass is 10.1. The summed E-state index contributed by atoms with van der Waals surface area (Å²) < 4.78 is 1.07. The summed E-state index contributed by atoms with van der Waals surface area (Å²) in [5, 5.41) is 1.51. The van der Waals surface area contributed by atoms with Crippen LogP contribution >= 0.6 is 38.9 Å². The maximum atomic E-state index is 6.28. The van der Waals surface area contributed by atoms with Gasteiger partial charge in [0, 0.05) is 21.2 Å². The zero-order chi connectivity index (χ0) is 14.1. The van der Waals surface area contributed by atoms with Gasteiger partial charge in [-0.05, 0) is 24.1 Å². The third-order valence-electron chi connectivity index (χ3n) is 3.10. The third kappa shape index (κ3) is 2.73. The van der Waals surface area contributed by atoms with Crippen molar-refractivity contribution in [3.8, 4) is 0 Å². The van der Waals surface area contributed by atoms with Crippen LogP contribution in [0.1, 0.15) is 23.2 Å². The van der Waals surface area contributed by atoms with Gasteiger partial charge in [-0.25, -0.2) is 9.97 Å². The molecule has 0 fully saturated rings. The highest BCUT2D eigenvalue weighted by Gasteiger charge is 2.11.